The van der Waals surface area contributed by atoms with Gasteiger partial charge in [-0.1, -0.05) is 152 Å². The highest BCUT2D eigenvalue weighted by molar-refractivity contribution is 5.71. The van der Waals surface area contributed by atoms with Crippen molar-refractivity contribution in [3.8, 4) is 0 Å². The van der Waals surface area contributed by atoms with E-state index < -0.39 is 6.10 Å². The molecule has 0 aromatic carbocycles. The zero-order valence-electron chi connectivity index (χ0n) is 34.5. The first kappa shape index (κ1) is 50.1. The molecule has 0 aromatic rings. The summed E-state index contributed by atoms with van der Waals surface area (Å²) in [6, 6.07) is 0. The van der Waals surface area contributed by atoms with Crippen LogP contribution in [0.1, 0.15) is 201 Å². The first-order valence-corrected chi connectivity index (χ1v) is 21.8. The van der Waals surface area contributed by atoms with E-state index in [9.17, 15) is 14.4 Å². The van der Waals surface area contributed by atoms with Crippen LogP contribution in [0.25, 0.3) is 0 Å². The van der Waals surface area contributed by atoms with Crippen LogP contribution in [0, 0.1) is 0 Å². The largest absolute Gasteiger partial charge is 0.462 e. The number of esters is 3. The van der Waals surface area contributed by atoms with Crippen LogP contribution in [-0.4, -0.2) is 37.2 Å². The topological polar surface area (TPSA) is 78.9 Å². The van der Waals surface area contributed by atoms with Gasteiger partial charge in [0.05, 0.1) is 0 Å². The normalized spacial score (nSPS) is 12.6. The average Bonchev–Trinajstić information content (AvgIpc) is 3.15. The van der Waals surface area contributed by atoms with Gasteiger partial charge >= 0.3 is 17.9 Å². The Kier molecular flexibility index (Phi) is 39.6. The van der Waals surface area contributed by atoms with Crippen LogP contribution >= 0.6 is 0 Å². The molecule has 0 aliphatic heterocycles. The fourth-order valence-electron chi connectivity index (χ4n) is 5.68. The molecule has 0 amide bonds. The van der Waals surface area contributed by atoms with Crippen molar-refractivity contribution in [3.63, 3.8) is 0 Å². The number of carbonyl (C=O) groups excluding carboxylic acids is 3. The molecule has 0 saturated heterocycles. The summed E-state index contributed by atoms with van der Waals surface area (Å²) in [5, 5.41) is 0. The van der Waals surface area contributed by atoms with Crippen LogP contribution in [0.15, 0.2) is 60.8 Å². The summed E-state index contributed by atoms with van der Waals surface area (Å²) in [6.07, 6.45) is 49.3. The maximum atomic E-state index is 12.6. The zero-order valence-corrected chi connectivity index (χ0v) is 34.5. The van der Waals surface area contributed by atoms with Gasteiger partial charge < -0.3 is 14.2 Å². The third-order valence-electron chi connectivity index (χ3n) is 9.00. The minimum Gasteiger partial charge on any atom is -0.462 e. The van der Waals surface area contributed by atoms with E-state index in [2.05, 4.69) is 81.5 Å². The minimum absolute atomic E-state index is 0.0983. The Morgan fingerprint density at radius 1 is 0.415 bits per heavy atom. The molecule has 304 valence electrons. The molecule has 0 aliphatic carbocycles. The Morgan fingerprint density at radius 3 is 1.38 bits per heavy atom. The van der Waals surface area contributed by atoms with E-state index in [1.807, 2.05) is 0 Å². The highest BCUT2D eigenvalue weighted by Gasteiger charge is 2.19. The molecule has 0 spiro atoms. The molecule has 0 rings (SSSR count). The van der Waals surface area contributed by atoms with Crippen molar-refractivity contribution in [2.75, 3.05) is 13.2 Å². The summed E-state index contributed by atoms with van der Waals surface area (Å²) in [7, 11) is 0. The molecule has 0 aromatic heterocycles. The van der Waals surface area contributed by atoms with Crippen LogP contribution in [0.2, 0.25) is 0 Å². The van der Waals surface area contributed by atoms with Crippen molar-refractivity contribution in [2.45, 2.75) is 207 Å². The van der Waals surface area contributed by atoms with Crippen LogP contribution in [-0.2, 0) is 28.6 Å². The van der Waals surface area contributed by atoms with Crippen molar-refractivity contribution < 1.29 is 28.6 Å². The summed E-state index contributed by atoms with van der Waals surface area (Å²) >= 11 is 0. The number of unbranched alkanes of at least 4 members (excludes halogenated alkanes) is 18. The van der Waals surface area contributed by atoms with Crippen molar-refractivity contribution >= 4 is 17.9 Å². The molecular weight excluding hydrogens is 661 g/mol. The third-order valence-corrected chi connectivity index (χ3v) is 9.00. The quantitative estimate of drug-likeness (QED) is 0.0206. The summed E-state index contributed by atoms with van der Waals surface area (Å²) in [6.45, 7) is 6.36. The highest BCUT2D eigenvalue weighted by Crippen LogP contribution is 2.13. The first-order chi connectivity index (χ1) is 26.0. The molecule has 0 heterocycles. The third kappa shape index (κ3) is 40.1. The highest BCUT2D eigenvalue weighted by atomic mass is 16.6. The number of hydrogen-bond donors (Lipinski definition) is 0. The van der Waals surface area contributed by atoms with Gasteiger partial charge in [0.25, 0.3) is 0 Å². The van der Waals surface area contributed by atoms with Gasteiger partial charge in [-0.05, 0) is 89.9 Å². The van der Waals surface area contributed by atoms with Gasteiger partial charge in [-0.25, -0.2) is 0 Å². The Bertz CT molecular complexity index is 991. The fraction of sp³-hybridized carbons (Fsp3) is 0.723. The molecule has 0 saturated carbocycles. The molecule has 1 unspecified atom stereocenters. The summed E-state index contributed by atoms with van der Waals surface area (Å²) in [4.78, 5) is 37.6. The monoisotopic (exact) mass is 741 g/mol. The number of carbonyl (C=O) groups is 3. The van der Waals surface area contributed by atoms with Gasteiger partial charge in [0.1, 0.15) is 13.2 Å². The number of hydrogen-bond acceptors (Lipinski definition) is 6. The molecule has 0 radical (unpaired) electrons. The molecule has 0 aliphatic rings. The van der Waals surface area contributed by atoms with Crippen molar-refractivity contribution in [1.29, 1.82) is 0 Å². The predicted octanol–water partition coefficient (Wildman–Crippen LogP) is 13.7. The lowest BCUT2D eigenvalue weighted by Crippen LogP contribution is -2.30. The smallest absolute Gasteiger partial charge is 0.306 e. The number of allylic oxidation sites excluding steroid dienone is 10. The Morgan fingerprint density at radius 2 is 0.811 bits per heavy atom. The van der Waals surface area contributed by atoms with Crippen molar-refractivity contribution in [2.24, 2.45) is 0 Å². The maximum absolute atomic E-state index is 12.6. The van der Waals surface area contributed by atoms with Crippen LogP contribution in [0.5, 0.6) is 0 Å². The average molecular weight is 741 g/mol. The minimum atomic E-state index is -0.798. The zero-order chi connectivity index (χ0) is 38.7. The van der Waals surface area contributed by atoms with Crippen LogP contribution in [0.3, 0.4) is 0 Å². The summed E-state index contributed by atoms with van der Waals surface area (Å²) < 4.78 is 16.6. The Labute approximate surface area is 326 Å². The van der Waals surface area contributed by atoms with E-state index >= 15 is 0 Å². The van der Waals surface area contributed by atoms with E-state index in [4.69, 9.17) is 14.2 Å². The number of ether oxygens (including phenoxy) is 3. The molecule has 53 heavy (non-hydrogen) atoms. The second-order valence-corrected chi connectivity index (χ2v) is 14.2. The van der Waals surface area contributed by atoms with Crippen LogP contribution < -0.4 is 0 Å². The van der Waals surface area contributed by atoms with E-state index in [1.54, 1.807) is 0 Å². The second kappa shape index (κ2) is 41.9. The van der Waals surface area contributed by atoms with E-state index in [1.165, 1.54) is 77.0 Å². The first-order valence-electron chi connectivity index (χ1n) is 21.8. The molecular formula is C47H80O6. The van der Waals surface area contributed by atoms with E-state index in [-0.39, 0.29) is 37.5 Å². The Balaban J connectivity index is 4.41. The summed E-state index contributed by atoms with van der Waals surface area (Å²) in [5.41, 5.74) is 0. The second-order valence-electron chi connectivity index (χ2n) is 14.2. The van der Waals surface area contributed by atoms with Gasteiger partial charge in [-0.2, -0.15) is 0 Å². The standard InChI is InChI=1S/C47H80O6/c1-4-7-10-13-16-19-21-22-23-24-26-28-31-34-37-40-46(49)52-43-44(42-51-45(48)39-36-33-30-27-18-15-12-9-6-3)53-47(50)41-38-35-32-29-25-20-17-14-11-8-5-2/h9,12,14,17-21,25,27,44H,4-8,10-11,13,15-16,22-24,26,28-43H2,1-3H3/b12-9-,17-14-,21-19-,25-20-,27-18-. The SMILES string of the molecule is CC/C=C\C/C=C\CCCCC(=O)OCC(COC(=O)CCCCCCCCC/C=C\CCCCCC)OC(=O)CCCCC/C=C\C=C/CCCC. The van der Waals surface area contributed by atoms with Gasteiger partial charge in [-0.15, -0.1) is 0 Å². The van der Waals surface area contributed by atoms with Gasteiger partial charge in [0.2, 0.25) is 0 Å². The molecule has 6 nitrogen and oxygen atoms in total. The molecule has 0 bridgehead atoms. The molecule has 1 atom stereocenters. The Hall–Kier alpha value is -2.89. The van der Waals surface area contributed by atoms with Gasteiger partial charge in [0.15, 0.2) is 6.10 Å². The fourth-order valence-corrected chi connectivity index (χ4v) is 5.68. The lowest BCUT2D eigenvalue weighted by atomic mass is 10.1. The summed E-state index contributed by atoms with van der Waals surface area (Å²) in [5.74, 6) is -0.976. The van der Waals surface area contributed by atoms with Gasteiger partial charge in [0, 0.05) is 19.3 Å². The van der Waals surface area contributed by atoms with E-state index in [0.717, 1.165) is 83.5 Å². The predicted molar refractivity (Wildman–Crippen MR) is 224 cm³/mol. The lowest BCUT2D eigenvalue weighted by molar-refractivity contribution is -0.167. The molecule has 0 fully saturated rings. The van der Waals surface area contributed by atoms with Gasteiger partial charge in [-0.3, -0.25) is 14.4 Å². The molecule has 0 N–H and O–H groups in total. The van der Waals surface area contributed by atoms with Crippen molar-refractivity contribution in [1.82, 2.24) is 0 Å². The molecule has 6 heteroatoms. The number of rotatable bonds is 38. The lowest BCUT2D eigenvalue weighted by Gasteiger charge is -2.18. The van der Waals surface area contributed by atoms with E-state index in [0.29, 0.717) is 12.8 Å². The maximum Gasteiger partial charge on any atom is 0.306 e. The van der Waals surface area contributed by atoms with Crippen LogP contribution in [0.4, 0.5) is 0 Å². The van der Waals surface area contributed by atoms with Crippen molar-refractivity contribution in [3.05, 3.63) is 60.8 Å².